The molecule has 1 aliphatic heterocycles. The van der Waals surface area contributed by atoms with Gasteiger partial charge < -0.3 is 10.6 Å². The maximum Gasteiger partial charge on any atom is 0.244 e. The standard InChI is InChI=1S/C10H19N5/c1-3-7(2)9-12-10(14-13-9)15-5-4-8(11)6-15/h7-8H,3-6,11H2,1-2H3,(H,12,13,14). The van der Waals surface area contributed by atoms with Gasteiger partial charge in [0.15, 0.2) is 0 Å². The normalized spacial score (nSPS) is 23.4. The maximum atomic E-state index is 5.85. The minimum atomic E-state index is 0.274. The molecule has 15 heavy (non-hydrogen) atoms. The predicted octanol–water partition coefficient (Wildman–Crippen LogP) is 0.856. The molecule has 1 aromatic rings. The van der Waals surface area contributed by atoms with Gasteiger partial charge in [0.25, 0.3) is 0 Å². The topological polar surface area (TPSA) is 70.8 Å². The minimum Gasteiger partial charge on any atom is -0.338 e. The number of nitrogens with one attached hydrogen (secondary N) is 1. The van der Waals surface area contributed by atoms with E-state index in [-0.39, 0.29) is 6.04 Å². The van der Waals surface area contributed by atoms with Crippen LogP contribution >= 0.6 is 0 Å². The lowest BCUT2D eigenvalue weighted by atomic mass is 10.1. The first-order valence-corrected chi connectivity index (χ1v) is 5.63. The Morgan fingerprint density at radius 1 is 1.67 bits per heavy atom. The summed E-state index contributed by atoms with van der Waals surface area (Å²) in [6.45, 7) is 6.15. The number of aromatic amines is 1. The second-order valence-electron chi connectivity index (χ2n) is 4.32. The summed E-state index contributed by atoms with van der Waals surface area (Å²) < 4.78 is 0. The molecule has 5 heteroatoms. The Bertz CT molecular complexity index is 321. The van der Waals surface area contributed by atoms with Gasteiger partial charge in [-0.3, -0.25) is 5.10 Å². The van der Waals surface area contributed by atoms with Gasteiger partial charge in [-0.2, -0.15) is 4.98 Å². The average molecular weight is 209 g/mol. The van der Waals surface area contributed by atoms with Crippen LogP contribution in [0.3, 0.4) is 0 Å². The van der Waals surface area contributed by atoms with Crippen molar-refractivity contribution >= 4 is 5.95 Å². The van der Waals surface area contributed by atoms with Gasteiger partial charge in [0, 0.05) is 25.0 Å². The number of hydrogen-bond acceptors (Lipinski definition) is 4. The molecule has 5 nitrogen and oxygen atoms in total. The van der Waals surface area contributed by atoms with E-state index in [1.165, 1.54) is 0 Å². The number of rotatable bonds is 3. The van der Waals surface area contributed by atoms with E-state index < -0.39 is 0 Å². The van der Waals surface area contributed by atoms with Crippen molar-refractivity contribution in [2.45, 2.75) is 38.6 Å². The zero-order valence-electron chi connectivity index (χ0n) is 9.40. The molecule has 0 radical (unpaired) electrons. The molecule has 1 fully saturated rings. The van der Waals surface area contributed by atoms with Crippen molar-refractivity contribution in [3.05, 3.63) is 5.82 Å². The first-order valence-electron chi connectivity index (χ1n) is 5.63. The highest BCUT2D eigenvalue weighted by atomic mass is 15.4. The quantitative estimate of drug-likeness (QED) is 0.774. The van der Waals surface area contributed by atoms with E-state index in [0.29, 0.717) is 5.92 Å². The van der Waals surface area contributed by atoms with Crippen LogP contribution in [0.4, 0.5) is 5.95 Å². The Kier molecular flexibility index (Phi) is 2.90. The molecule has 0 saturated carbocycles. The van der Waals surface area contributed by atoms with Crippen LogP contribution in [0.5, 0.6) is 0 Å². The van der Waals surface area contributed by atoms with Crippen molar-refractivity contribution in [2.75, 3.05) is 18.0 Å². The third kappa shape index (κ3) is 2.12. The van der Waals surface area contributed by atoms with E-state index in [2.05, 4.69) is 33.9 Å². The van der Waals surface area contributed by atoms with Crippen molar-refractivity contribution in [3.8, 4) is 0 Å². The summed E-state index contributed by atoms with van der Waals surface area (Å²) >= 11 is 0. The van der Waals surface area contributed by atoms with Crippen molar-refractivity contribution in [2.24, 2.45) is 5.73 Å². The zero-order valence-corrected chi connectivity index (χ0v) is 9.40. The number of H-pyrrole nitrogens is 1. The minimum absolute atomic E-state index is 0.274. The molecule has 2 atom stereocenters. The van der Waals surface area contributed by atoms with E-state index in [0.717, 1.165) is 37.7 Å². The Morgan fingerprint density at radius 2 is 2.47 bits per heavy atom. The number of nitrogens with zero attached hydrogens (tertiary/aromatic N) is 3. The first kappa shape index (κ1) is 10.4. The fourth-order valence-electron chi connectivity index (χ4n) is 1.79. The summed E-state index contributed by atoms with van der Waals surface area (Å²) in [5.41, 5.74) is 5.85. The molecular weight excluding hydrogens is 190 g/mol. The summed E-state index contributed by atoms with van der Waals surface area (Å²) in [5, 5.41) is 7.24. The van der Waals surface area contributed by atoms with Gasteiger partial charge in [-0.05, 0) is 12.8 Å². The summed E-state index contributed by atoms with van der Waals surface area (Å²) in [6, 6.07) is 0.274. The highest BCUT2D eigenvalue weighted by molar-refractivity contribution is 5.31. The van der Waals surface area contributed by atoms with E-state index in [4.69, 9.17) is 5.73 Å². The third-order valence-electron chi connectivity index (χ3n) is 3.08. The number of hydrogen-bond donors (Lipinski definition) is 2. The summed E-state index contributed by atoms with van der Waals surface area (Å²) in [6.07, 6.45) is 2.11. The fraction of sp³-hybridized carbons (Fsp3) is 0.800. The van der Waals surface area contributed by atoms with Gasteiger partial charge in [-0.15, -0.1) is 5.10 Å². The van der Waals surface area contributed by atoms with Gasteiger partial charge in [0.05, 0.1) is 0 Å². The van der Waals surface area contributed by atoms with Crippen LogP contribution in [0.2, 0.25) is 0 Å². The Balaban J connectivity index is 2.07. The molecule has 1 saturated heterocycles. The zero-order chi connectivity index (χ0) is 10.8. The van der Waals surface area contributed by atoms with Crippen molar-refractivity contribution in [1.82, 2.24) is 15.2 Å². The predicted molar refractivity (Wildman–Crippen MR) is 59.9 cm³/mol. The smallest absolute Gasteiger partial charge is 0.244 e. The Hall–Kier alpha value is -1.10. The SMILES string of the molecule is CCC(C)c1nc(N2CCC(N)C2)n[nH]1. The van der Waals surface area contributed by atoms with Crippen molar-refractivity contribution in [3.63, 3.8) is 0 Å². The molecule has 0 spiro atoms. The van der Waals surface area contributed by atoms with Crippen molar-refractivity contribution < 1.29 is 0 Å². The van der Waals surface area contributed by atoms with Crippen molar-refractivity contribution in [1.29, 1.82) is 0 Å². The molecule has 84 valence electrons. The van der Waals surface area contributed by atoms with Crippen LogP contribution in [0.15, 0.2) is 0 Å². The molecule has 1 aliphatic rings. The summed E-state index contributed by atoms with van der Waals surface area (Å²) in [4.78, 5) is 6.65. The molecule has 0 bridgehead atoms. The van der Waals surface area contributed by atoms with E-state index in [1.54, 1.807) is 0 Å². The first-order chi connectivity index (χ1) is 7.20. The molecule has 2 unspecified atom stereocenters. The van der Waals surface area contributed by atoms with Gasteiger partial charge in [-0.1, -0.05) is 13.8 Å². The molecule has 1 aromatic heterocycles. The van der Waals surface area contributed by atoms with E-state index in [9.17, 15) is 0 Å². The Labute approximate surface area is 90.1 Å². The number of aromatic nitrogens is 3. The molecule has 2 rings (SSSR count). The van der Waals surface area contributed by atoms with Crippen LogP contribution in [-0.2, 0) is 0 Å². The number of anilines is 1. The maximum absolute atomic E-state index is 5.85. The summed E-state index contributed by atoms with van der Waals surface area (Å²) in [5.74, 6) is 2.23. The second-order valence-corrected chi connectivity index (χ2v) is 4.32. The summed E-state index contributed by atoms with van der Waals surface area (Å²) in [7, 11) is 0. The van der Waals surface area contributed by atoms with E-state index in [1.807, 2.05) is 0 Å². The molecule has 0 amide bonds. The van der Waals surface area contributed by atoms with Gasteiger partial charge in [0.2, 0.25) is 5.95 Å². The van der Waals surface area contributed by atoms with Gasteiger partial charge in [0.1, 0.15) is 5.82 Å². The third-order valence-corrected chi connectivity index (χ3v) is 3.08. The fourth-order valence-corrected chi connectivity index (χ4v) is 1.79. The van der Waals surface area contributed by atoms with Gasteiger partial charge in [-0.25, -0.2) is 0 Å². The Morgan fingerprint density at radius 3 is 3.07 bits per heavy atom. The lowest BCUT2D eigenvalue weighted by molar-refractivity contribution is 0.682. The highest BCUT2D eigenvalue weighted by Gasteiger charge is 2.22. The second kappa shape index (κ2) is 4.18. The molecule has 2 heterocycles. The number of nitrogens with two attached hydrogens (primary N) is 1. The van der Waals surface area contributed by atoms with Crippen LogP contribution in [0, 0.1) is 0 Å². The largest absolute Gasteiger partial charge is 0.338 e. The van der Waals surface area contributed by atoms with E-state index >= 15 is 0 Å². The average Bonchev–Trinajstić information content (AvgIpc) is 2.84. The monoisotopic (exact) mass is 209 g/mol. The molecule has 0 aromatic carbocycles. The molecule has 0 aliphatic carbocycles. The lowest BCUT2D eigenvalue weighted by Gasteiger charge is -2.11. The van der Waals surface area contributed by atoms with Crippen LogP contribution < -0.4 is 10.6 Å². The lowest BCUT2D eigenvalue weighted by Crippen LogP contribution is -2.27. The van der Waals surface area contributed by atoms with Gasteiger partial charge >= 0.3 is 0 Å². The molecular formula is C10H19N5. The van der Waals surface area contributed by atoms with Crippen LogP contribution in [0.1, 0.15) is 38.4 Å². The van der Waals surface area contributed by atoms with Crippen LogP contribution in [0.25, 0.3) is 0 Å². The highest BCUT2D eigenvalue weighted by Crippen LogP contribution is 2.19. The molecule has 3 N–H and O–H groups in total. The van der Waals surface area contributed by atoms with Crippen LogP contribution in [-0.4, -0.2) is 34.3 Å².